The summed E-state index contributed by atoms with van der Waals surface area (Å²) in [5, 5.41) is 31.8. The van der Waals surface area contributed by atoms with E-state index in [1.807, 2.05) is 0 Å². The number of amides is 1. The first-order chi connectivity index (χ1) is 10.0. The van der Waals surface area contributed by atoms with E-state index < -0.39 is 36.3 Å². The van der Waals surface area contributed by atoms with E-state index in [4.69, 9.17) is 0 Å². The molecule has 9 heteroatoms. The normalized spacial score (nSPS) is 26.6. The lowest BCUT2D eigenvalue weighted by Crippen LogP contribution is -2.39. The second kappa shape index (κ2) is 6.39. The zero-order valence-corrected chi connectivity index (χ0v) is 10.7. The van der Waals surface area contributed by atoms with Gasteiger partial charge in [0.05, 0.1) is 6.21 Å². The van der Waals surface area contributed by atoms with Crippen molar-refractivity contribution >= 4 is 18.1 Å². The Labute approximate surface area is 118 Å². The number of nitrogens with zero attached hydrogens (tertiary/aromatic N) is 2. The number of hydrazone groups is 1. The smallest absolute Gasteiger partial charge is 0.338 e. The van der Waals surface area contributed by atoms with Crippen molar-refractivity contribution in [2.75, 3.05) is 0 Å². The first-order valence-electron chi connectivity index (χ1n) is 5.99. The number of aliphatic hydroxyl groups excluding tert-OH is 3. The van der Waals surface area contributed by atoms with Crippen LogP contribution in [0.2, 0.25) is 0 Å². The van der Waals surface area contributed by atoms with E-state index in [-0.39, 0.29) is 0 Å². The van der Waals surface area contributed by atoms with Gasteiger partial charge in [-0.2, -0.15) is 5.10 Å². The predicted octanol–water partition coefficient (Wildman–Crippen LogP) is -2.19. The average Bonchev–Trinajstić information content (AvgIpc) is 2.75. The summed E-state index contributed by atoms with van der Waals surface area (Å²) in [6.45, 7) is 0. The van der Waals surface area contributed by atoms with Crippen molar-refractivity contribution in [1.82, 2.24) is 10.4 Å². The summed E-state index contributed by atoms with van der Waals surface area (Å²) in [7, 11) is 0. The highest BCUT2D eigenvalue weighted by Crippen LogP contribution is 2.18. The van der Waals surface area contributed by atoms with Crippen molar-refractivity contribution in [1.29, 1.82) is 0 Å². The second-order valence-electron chi connectivity index (χ2n) is 4.28. The van der Waals surface area contributed by atoms with Crippen LogP contribution in [0.15, 0.2) is 29.6 Å². The topological polar surface area (TPSA) is 141 Å². The van der Waals surface area contributed by atoms with Crippen LogP contribution in [0.5, 0.6) is 0 Å². The number of rotatable bonds is 4. The Morgan fingerprint density at radius 2 is 2.10 bits per heavy atom. The number of hydrogen-bond donors (Lipinski definition) is 4. The minimum absolute atomic E-state index is 0.319. The Hall–Kier alpha value is -2.36. The van der Waals surface area contributed by atoms with Crippen LogP contribution in [-0.4, -0.2) is 62.8 Å². The molecule has 4 N–H and O–H groups in total. The SMILES string of the molecule is O=C(N/N=C/C(O)C1OC(=O)C(O)C1O)c1ccncc1. The molecule has 0 aromatic carbocycles. The lowest BCUT2D eigenvalue weighted by Gasteiger charge is -2.16. The summed E-state index contributed by atoms with van der Waals surface area (Å²) in [6.07, 6.45) is -2.32. The third kappa shape index (κ3) is 3.40. The summed E-state index contributed by atoms with van der Waals surface area (Å²) in [5.41, 5.74) is 2.47. The van der Waals surface area contributed by atoms with Gasteiger partial charge in [0.1, 0.15) is 12.2 Å². The van der Waals surface area contributed by atoms with Crippen LogP contribution in [0.3, 0.4) is 0 Å². The number of aliphatic hydroxyl groups is 3. The minimum atomic E-state index is -1.70. The van der Waals surface area contributed by atoms with Gasteiger partial charge in [-0.15, -0.1) is 0 Å². The van der Waals surface area contributed by atoms with Crippen LogP contribution in [0.1, 0.15) is 10.4 Å². The van der Waals surface area contributed by atoms with Crippen LogP contribution in [-0.2, 0) is 9.53 Å². The average molecular weight is 295 g/mol. The molecule has 1 aromatic heterocycles. The van der Waals surface area contributed by atoms with Gasteiger partial charge in [-0.1, -0.05) is 0 Å². The molecule has 1 aliphatic rings. The van der Waals surface area contributed by atoms with Crippen LogP contribution in [0, 0.1) is 0 Å². The summed E-state index contributed by atoms with van der Waals surface area (Å²) in [6, 6.07) is 2.94. The Bertz CT molecular complexity index is 549. The maximum absolute atomic E-state index is 11.6. The molecule has 2 rings (SSSR count). The van der Waals surface area contributed by atoms with Crippen molar-refractivity contribution < 1.29 is 29.6 Å². The molecule has 112 valence electrons. The van der Waals surface area contributed by atoms with E-state index in [0.717, 1.165) is 6.21 Å². The van der Waals surface area contributed by atoms with Crippen LogP contribution in [0.4, 0.5) is 0 Å². The first-order valence-corrected chi connectivity index (χ1v) is 5.99. The van der Waals surface area contributed by atoms with E-state index in [1.54, 1.807) is 0 Å². The van der Waals surface area contributed by atoms with Crippen LogP contribution >= 0.6 is 0 Å². The predicted molar refractivity (Wildman–Crippen MR) is 68.1 cm³/mol. The highest BCUT2D eigenvalue weighted by Gasteiger charge is 2.45. The van der Waals surface area contributed by atoms with Gasteiger partial charge < -0.3 is 20.1 Å². The molecule has 21 heavy (non-hydrogen) atoms. The number of ether oxygens (including phenoxy) is 1. The number of nitrogens with one attached hydrogen (secondary N) is 1. The monoisotopic (exact) mass is 295 g/mol. The third-order valence-electron chi connectivity index (χ3n) is 2.83. The molecule has 4 atom stereocenters. The minimum Gasteiger partial charge on any atom is -0.454 e. The van der Waals surface area contributed by atoms with Gasteiger partial charge in [0.2, 0.25) is 0 Å². The summed E-state index contributed by atoms with van der Waals surface area (Å²) >= 11 is 0. The summed E-state index contributed by atoms with van der Waals surface area (Å²) in [4.78, 5) is 26.4. The van der Waals surface area contributed by atoms with Crippen LogP contribution < -0.4 is 5.43 Å². The van der Waals surface area contributed by atoms with Gasteiger partial charge in [-0.25, -0.2) is 10.2 Å². The molecular weight excluding hydrogens is 282 g/mol. The fourth-order valence-electron chi connectivity index (χ4n) is 1.69. The number of cyclic esters (lactones) is 1. The maximum atomic E-state index is 11.6. The Kier molecular flexibility index (Phi) is 4.58. The van der Waals surface area contributed by atoms with Gasteiger partial charge in [0.25, 0.3) is 5.91 Å². The molecule has 1 aliphatic heterocycles. The fourth-order valence-corrected chi connectivity index (χ4v) is 1.69. The van der Waals surface area contributed by atoms with E-state index in [0.29, 0.717) is 5.56 Å². The molecule has 2 heterocycles. The maximum Gasteiger partial charge on any atom is 0.338 e. The van der Waals surface area contributed by atoms with Crippen molar-refractivity contribution in [2.45, 2.75) is 24.4 Å². The van der Waals surface area contributed by atoms with Crippen molar-refractivity contribution in [2.24, 2.45) is 5.10 Å². The Morgan fingerprint density at radius 1 is 1.43 bits per heavy atom. The molecule has 0 bridgehead atoms. The molecule has 0 aliphatic carbocycles. The number of carbonyl (C=O) groups excluding carboxylic acids is 2. The zero-order chi connectivity index (χ0) is 15.4. The van der Waals surface area contributed by atoms with Crippen molar-refractivity contribution in [3.05, 3.63) is 30.1 Å². The number of pyridine rings is 1. The Morgan fingerprint density at radius 3 is 2.67 bits per heavy atom. The molecule has 4 unspecified atom stereocenters. The highest BCUT2D eigenvalue weighted by molar-refractivity contribution is 5.94. The molecule has 1 aromatic rings. The van der Waals surface area contributed by atoms with Gasteiger partial charge >= 0.3 is 5.97 Å². The Balaban J connectivity index is 1.90. The summed E-state index contributed by atoms with van der Waals surface area (Å²) in [5.74, 6) is -1.55. The molecule has 0 spiro atoms. The van der Waals surface area contributed by atoms with E-state index >= 15 is 0 Å². The van der Waals surface area contributed by atoms with Gasteiger partial charge in [0.15, 0.2) is 12.2 Å². The molecule has 9 nitrogen and oxygen atoms in total. The first kappa shape index (κ1) is 15.0. The lowest BCUT2D eigenvalue weighted by molar-refractivity contribution is -0.149. The second-order valence-corrected chi connectivity index (χ2v) is 4.28. The fraction of sp³-hybridized carbons (Fsp3) is 0.333. The number of esters is 1. The van der Waals surface area contributed by atoms with Gasteiger partial charge in [0, 0.05) is 18.0 Å². The largest absolute Gasteiger partial charge is 0.454 e. The van der Waals surface area contributed by atoms with E-state index in [2.05, 4.69) is 20.2 Å². The van der Waals surface area contributed by atoms with Crippen molar-refractivity contribution in [3.63, 3.8) is 0 Å². The summed E-state index contributed by atoms with van der Waals surface area (Å²) < 4.78 is 4.59. The number of aromatic nitrogens is 1. The van der Waals surface area contributed by atoms with Gasteiger partial charge in [-0.05, 0) is 12.1 Å². The van der Waals surface area contributed by atoms with Gasteiger partial charge in [-0.3, -0.25) is 9.78 Å². The molecule has 0 radical (unpaired) electrons. The molecule has 1 fully saturated rings. The van der Waals surface area contributed by atoms with Crippen LogP contribution in [0.25, 0.3) is 0 Å². The molecular formula is C12H13N3O6. The molecule has 1 amide bonds. The number of carbonyl (C=O) groups is 2. The molecule has 1 saturated heterocycles. The highest BCUT2D eigenvalue weighted by atomic mass is 16.6. The standard InChI is InChI=1S/C12H13N3O6/c16-7(10-8(17)9(18)12(20)21-10)5-14-15-11(19)6-1-3-13-4-2-6/h1-5,7-10,16-18H,(H,15,19)/b14-5+. The third-order valence-corrected chi connectivity index (χ3v) is 2.83. The van der Waals surface area contributed by atoms with Crippen molar-refractivity contribution in [3.8, 4) is 0 Å². The quantitative estimate of drug-likeness (QED) is 0.281. The van der Waals surface area contributed by atoms with E-state index in [1.165, 1.54) is 24.5 Å². The zero-order valence-electron chi connectivity index (χ0n) is 10.7. The molecule has 0 saturated carbocycles. The number of hydrogen-bond acceptors (Lipinski definition) is 8. The lowest BCUT2D eigenvalue weighted by atomic mass is 10.1. The van der Waals surface area contributed by atoms with E-state index in [9.17, 15) is 24.9 Å².